The van der Waals surface area contributed by atoms with Crippen LogP contribution in [-0.2, 0) is 0 Å². The van der Waals surface area contributed by atoms with Crippen LogP contribution in [0.3, 0.4) is 0 Å². The molecule has 0 atom stereocenters. The SMILES string of the molecule is COc1ccc(OCCCF)c(C#CCN)c1. The Morgan fingerprint density at radius 2 is 2.24 bits per heavy atom. The molecule has 17 heavy (non-hydrogen) atoms. The van der Waals surface area contributed by atoms with E-state index in [1.807, 2.05) is 0 Å². The molecule has 0 saturated carbocycles. The number of hydrogen-bond acceptors (Lipinski definition) is 3. The number of benzene rings is 1. The van der Waals surface area contributed by atoms with Crippen LogP contribution in [0.4, 0.5) is 4.39 Å². The van der Waals surface area contributed by atoms with Gasteiger partial charge in [-0.05, 0) is 18.2 Å². The molecule has 0 amide bonds. The zero-order chi connectivity index (χ0) is 12.5. The zero-order valence-corrected chi connectivity index (χ0v) is 9.83. The fourth-order valence-corrected chi connectivity index (χ4v) is 1.24. The maximum Gasteiger partial charge on any atom is 0.135 e. The summed E-state index contributed by atoms with van der Waals surface area (Å²) in [6.45, 7) is 0.223. The van der Waals surface area contributed by atoms with E-state index < -0.39 is 0 Å². The molecule has 1 aromatic carbocycles. The van der Waals surface area contributed by atoms with Gasteiger partial charge < -0.3 is 15.2 Å². The van der Waals surface area contributed by atoms with Gasteiger partial charge in [-0.1, -0.05) is 11.8 Å². The molecule has 0 spiro atoms. The van der Waals surface area contributed by atoms with Gasteiger partial charge in [0, 0.05) is 6.42 Å². The molecule has 0 aliphatic carbocycles. The van der Waals surface area contributed by atoms with E-state index in [1.165, 1.54) is 0 Å². The Hall–Kier alpha value is -1.73. The molecule has 0 heterocycles. The number of alkyl halides is 1. The van der Waals surface area contributed by atoms with Crippen molar-refractivity contribution in [3.8, 4) is 23.3 Å². The van der Waals surface area contributed by atoms with E-state index in [0.29, 0.717) is 30.1 Å². The molecule has 1 rings (SSSR count). The van der Waals surface area contributed by atoms with Gasteiger partial charge in [0.05, 0.1) is 32.5 Å². The molecule has 0 radical (unpaired) electrons. The average Bonchev–Trinajstić information content (AvgIpc) is 2.37. The highest BCUT2D eigenvalue weighted by Gasteiger charge is 2.03. The molecular weight excluding hydrogens is 221 g/mol. The summed E-state index contributed by atoms with van der Waals surface area (Å²) in [7, 11) is 1.58. The van der Waals surface area contributed by atoms with E-state index in [2.05, 4.69) is 11.8 Å². The molecule has 92 valence electrons. The van der Waals surface area contributed by atoms with E-state index in [9.17, 15) is 4.39 Å². The minimum absolute atomic E-state index is 0.279. The molecule has 0 bridgehead atoms. The van der Waals surface area contributed by atoms with E-state index in [-0.39, 0.29) is 13.2 Å². The third-order valence-corrected chi connectivity index (χ3v) is 2.05. The Kier molecular flexibility index (Phi) is 5.91. The third kappa shape index (κ3) is 4.33. The van der Waals surface area contributed by atoms with Gasteiger partial charge >= 0.3 is 0 Å². The lowest BCUT2D eigenvalue weighted by atomic mass is 10.2. The van der Waals surface area contributed by atoms with Gasteiger partial charge in [-0.2, -0.15) is 0 Å². The number of nitrogens with two attached hydrogens (primary N) is 1. The Labute approximate surface area is 101 Å². The lowest BCUT2D eigenvalue weighted by molar-refractivity contribution is 0.288. The van der Waals surface area contributed by atoms with Crippen LogP contribution in [0.1, 0.15) is 12.0 Å². The number of ether oxygens (including phenoxy) is 2. The molecule has 0 fully saturated rings. The van der Waals surface area contributed by atoms with E-state index in [0.717, 1.165) is 0 Å². The second kappa shape index (κ2) is 7.53. The summed E-state index contributed by atoms with van der Waals surface area (Å²) in [6, 6.07) is 5.31. The predicted octanol–water partition coefficient (Wildman–Crippen LogP) is 1.74. The minimum atomic E-state index is -0.389. The van der Waals surface area contributed by atoms with Crippen LogP contribution >= 0.6 is 0 Å². The summed E-state index contributed by atoms with van der Waals surface area (Å²) in [5, 5.41) is 0. The monoisotopic (exact) mass is 237 g/mol. The standard InChI is InChI=1S/C13H16FNO2/c1-16-12-5-6-13(17-9-3-7-14)11(10-12)4-2-8-15/h5-6,10H,3,7-9,15H2,1H3. The topological polar surface area (TPSA) is 44.5 Å². The molecule has 0 unspecified atom stereocenters. The first-order valence-electron chi connectivity index (χ1n) is 5.37. The fraction of sp³-hybridized carbons (Fsp3) is 0.385. The summed E-state index contributed by atoms with van der Waals surface area (Å²) < 4.78 is 22.5. The molecule has 0 aliphatic heterocycles. The fourth-order valence-electron chi connectivity index (χ4n) is 1.24. The van der Waals surface area contributed by atoms with Gasteiger partial charge in [-0.25, -0.2) is 0 Å². The van der Waals surface area contributed by atoms with Crippen LogP contribution in [0.5, 0.6) is 11.5 Å². The Balaban J connectivity index is 2.86. The van der Waals surface area contributed by atoms with Gasteiger partial charge in [0.2, 0.25) is 0 Å². The van der Waals surface area contributed by atoms with E-state index in [1.54, 1.807) is 25.3 Å². The van der Waals surface area contributed by atoms with Crippen molar-refractivity contribution in [3.63, 3.8) is 0 Å². The van der Waals surface area contributed by atoms with E-state index >= 15 is 0 Å². The van der Waals surface area contributed by atoms with Crippen molar-refractivity contribution < 1.29 is 13.9 Å². The van der Waals surface area contributed by atoms with Crippen molar-refractivity contribution in [2.45, 2.75) is 6.42 Å². The van der Waals surface area contributed by atoms with Crippen molar-refractivity contribution in [2.24, 2.45) is 5.73 Å². The number of rotatable bonds is 5. The molecule has 3 nitrogen and oxygen atoms in total. The van der Waals surface area contributed by atoms with Crippen molar-refractivity contribution in [2.75, 3.05) is 26.9 Å². The average molecular weight is 237 g/mol. The first-order chi connectivity index (χ1) is 8.31. The van der Waals surface area contributed by atoms with Crippen molar-refractivity contribution in [1.82, 2.24) is 0 Å². The van der Waals surface area contributed by atoms with E-state index in [4.69, 9.17) is 15.2 Å². The Morgan fingerprint density at radius 1 is 1.41 bits per heavy atom. The molecule has 1 aromatic rings. The molecule has 0 aliphatic rings. The van der Waals surface area contributed by atoms with Gasteiger partial charge in [-0.15, -0.1) is 0 Å². The van der Waals surface area contributed by atoms with Crippen molar-refractivity contribution in [1.29, 1.82) is 0 Å². The quantitative estimate of drug-likeness (QED) is 0.626. The Bertz CT molecular complexity index is 410. The first-order valence-corrected chi connectivity index (χ1v) is 5.37. The van der Waals surface area contributed by atoms with Crippen LogP contribution in [0.15, 0.2) is 18.2 Å². The first kappa shape index (κ1) is 13.3. The summed E-state index contributed by atoms with van der Waals surface area (Å²) in [6.07, 6.45) is 0.371. The molecular formula is C13H16FNO2. The molecule has 2 N–H and O–H groups in total. The van der Waals surface area contributed by atoms with Gasteiger partial charge in [0.15, 0.2) is 0 Å². The normalized spacial score (nSPS) is 9.35. The summed E-state index contributed by atoms with van der Waals surface area (Å²) >= 11 is 0. The minimum Gasteiger partial charge on any atom is -0.497 e. The summed E-state index contributed by atoms with van der Waals surface area (Å²) in [4.78, 5) is 0. The maximum absolute atomic E-state index is 12.0. The maximum atomic E-state index is 12.0. The van der Waals surface area contributed by atoms with Crippen LogP contribution in [0.2, 0.25) is 0 Å². The third-order valence-electron chi connectivity index (χ3n) is 2.05. The van der Waals surface area contributed by atoms with Gasteiger partial charge in [0.25, 0.3) is 0 Å². The second-order valence-corrected chi connectivity index (χ2v) is 3.26. The predicted molar refractivity (Wildman–Crippen MR) is 65.0 cm³/mol. The zero-order valence-electron chi connectivity index (χ0n) is 9.83. The highest BCUT2D eigenvalue weighted by Crippen LogP contribution is 2.23. The van der Waals surface area contributed by atoms with Crippen molar-refractivity contribution in [3.05, 3.63) is 23.8 Å². The highest BCUT2D eigenvalue weighted by molar-refractivity contribution is 5.50. The number of hydrogen-bond donors (Lipinski definition) is 1. The van der Waals surface area contributed by atoms with Crippen LogP contribution in [0.25, 0.3) is 0 Å². The highest BCUT2D eigenvalue weighted by atomic mass is 19.1. The summed E-state index contributed by atoms with van der Waals surface area (Å²) in [5.74, 6) is 6.98. The molecule has 4 heteroatoms. The van der Waals surface area contributed by atoms with Crippen LogP contribution in [0, 0.1) is 11.8 Å². The van der Waals surface area contributed by atoms with Gasteiger partial charge in [0.1, 0.15) is 11.5 Å². The lowest BCUT2D eigenvalue weighted by Crippen LogP contribution is -2.00. The van der Waals surface area contributed by atoms with Crippen LogP contribution < -0.4 is 15.2 Å². The summed E-state index contributed by atoms with van der Waals surface area (Å²) in [5.41, 5.74) is 6.03. The van der Waals surface area contributed by atoms with Crippen molar-refractivity contribution >= 4 is 0 Å². The smallest absolute Gasteiger partial charge is 0.135 e. The molecule has 0 saturated heterocycles. The van der Waals surface area contributed by atoms with Crippen LogP contribution in [-0.4, -0.2) is 26.9 Å². The Morgan fingerprint density at radius 3 is 2.88 bits per heavy atom. The lowest BCUT2D eigenvalue weighted by Gasteiger charge is -2.08. The number of halogens is 1. The second-order valence-electron chi connectivity index (χ2n) is 3.26. The number of methoxy groups -OCH3 is 1. The molecule has 0 aromatic heterocycles. The van der Waals surface area contributed by atoms with Gasteiger partial charge in [-0.3, -0.25) is 4.39 Å². The largest absolute Gasteiger partial charge is 0.497 e.